The summed E-state index contributed by atoms with van der Waals surface area (Å²) < 4.78 is 32.2. The first-order valence-electron chi connectivity index (χ1n) is 12.6. The molecule has 0 saturated carbocycles. The maximum absolute atomic E-state index is 12.1. The van der Waals surface area contributed by atoms with Crippen LogP contribution in [-0.2, 0) is 10.0 Å². The number of sulfonamides is 1. The van der Waals surface area contributed by atoms with Crippen molar-refractivity contribution in [2.45, 2.75) is 38.4 Å². The normalized spacial score (nSPS) is 20.3. The van der Waals surface area contributed by atoms with Crippen molar-refractivity contribution in [3.63, 3.8) is 0 Å². The Hall–Kier alpha value is -3.63. The molecule has 0 unspecified atom stereocenters. The van der Waals surface area contributed by atoms with Crippen LogP contribution in [0.4, 0.5) is 17.1 Å². The number of hydrogen-bond donors (Lipinski definition) is 2. The van der Waals surface area contributed by atoms with Crippen LogP contribution in [0.1, 0.15) is 49.7 Å². The highest BCUT2D eigenvalue weighted by Crippen LogP contribution is 2.46. The van der Waals surface area contributed by atoms with E-state index >= 15 is 0 Å². The lowest BCUT2D eigenvalue weighted by Crippen LogP contribution is -2.42. The molecule has 204 valence electrons. The van der Waals surface area contributed by atoms with Gasteiger partial charge in [0.1, 0.15) is 5.75 Å². The summed E-state index contributed by atoms with van der Waals surface area (Å²) in [6.45, 7) is 6.56. The summed E-state index contributed by atoms with van der Waals surface area (Å²) in [4.78, 5) is 8.96. The van der Waals surface area contributed by atoms with E-state index in [0.717, 1.165) is 23.2 Å². The Kier molecular flexibility index (Phi) is 6.80. The lowest BCUT2D eigenvalue weighted by Gasteiger charge is -2.41. The van der Waals surface area contributed by atoms with Crippen LogP contribution < -0.4 is 24.6 Å². The third-order valence-electron chi connectivity index (χ3n) is 7.44. The number of thiocarbonyl (C=S) groups is 1. The number of nitrogens with one attached hydrogen (secondary N) is 2. The second-order valence-electron chi connectivity index (χ2n) is 10.6. The Bertz CT molecular complexity index is 1570. The molecule has 3 aromatic rings. The summed E-state index contributed by atoms with van der Waals surface area (Å²) in [7, 11) is 0.0890. The van der Waals surface area contributed by atoms with Crippen LogP contribution in [0.2, 0.25) is 0 Å². The zero-order chi connectivity index (χ0) is 28.1. The van der Waals surface area contributed by atoms with Gasteiger partial charge in [-0.3, -0.25) is 9.71 Å². The predicted octanol–water partition coefficient (Wildman–Crippen LogP) is 5.27. The largest absolute Gasteiger partial charge is 0.495 e. The standard InChI is InChI=1S/C29H33N5O3S2/c1-18-17-29(2,3)33(4)24-12-10-19(15-21(18)24)27-26(22-9-7-8-14-30-22)31-28(38)34(27)20-11-13-25(37-5)23(16-20)32-39(6,35)36/h7-17,26-27,32H,1-6H3,(H,31,38)/t26-,27-/m0/s1. The first kappa shape index (κ1) is 27.0. The highest BCUT2D eigenvalue weighted by atomic mass is 32.2. The van der Waals surface area contributed by atoms with E-state index in [2.05, 4.69) is 72.0 Å². The van der Waals surface area contributed by atoms with Crippen molar-refractivity contribution in [1.29, 1.82) is 0 Å². The van der Waals surface area contributed by atoms with E-state index < -0.39 is 10.0 Å². The van der Waals surface area contributed by atoms with E-state index in [-0.39, 0.29) is 17.6 Å². The fourth-order valence-electron chi connectivity index (χ4n) is 5.46. The third-order valence-corrected chi connectivity index (χ3v) is 8.34. The van der Waals surface area contributed by atoms with Crippen molar-refractivity contribution in [3.05, 3.63) is 83.7 Å². The molecule has 0 bridgehead atoms. The number of nitrogens with zero attached hydrogens (tertiary/aromatic N) is 3. The van der Waals surface area contributed by atoms with Crippen molar-refractivity contribution in [2.24, 2.45) is 0 Å². The summed E-state index contributed by atoms with van der Waals surface area (Å²) >= 11 is 5.88. The van der Waals surface area contributed by atoms with Crippen LogP contribution in [0.5, 0.6) is 5.75 Å². The molecular weight excluding hydrogens is 530 g/mol. The van der Waals surface area contributed by atoms with Crippen molar-refractivity contribution < 1.29 is 13.2 Å². The van der Waals surface area contributed by atoms with Gasteiger partial charge in [-0.05, 0) is 86.6 Å². The molecule has 1 aromatic heterocycles. The monoisotopic (exact) mass is 563 g/mol. The Balaban J connectivity index is 1.66. The molecular formula is C29H33N5O3S2. The van der Waals surface area contributed by atoms with Crippen molar-refractivity contribution in [3.8, 4) is 5.75 Å². The number of hydrogen-bond acceptors (Lipinski definition) is 6. The molecule has 10 heteroatoms. The summed E-state index contributed by atoms with van der Waals surface area (Å²) in [6, 6.07) is 17.3. The number of allylic oxidation sites excluding steroid dienone is 1. The summed E-state index contributed by atoms with van der Waals surface area (Å²) in [5, 5.41) is 4.00. The number of benzene rings is 2. The molecule has 2 aliphatic rings. The molecule has 0 radical (unpaired) electrons. The minimum Gasteiger partial charge on any atom is -0.495 e. The van der Waals surface area contributed by atoms with Gasteiger partial charge in [0.05, 0.1) is 42.4 Å². The van der Waals surface area contributed by atoms with Gasteiger partial charge in [0.25, 0.3) is 0 Å². The molecule has 2 aliphatic heterocycles. The van der Waals surface area contributed by atoms with Crippen molar-refractivity contribution in [2.75, 3.05) is 34.9 Å². The highest BCUT2D eigenvalue weighted by molar-refractivity contribution is 7.92. The van der Waals surface area contributed by atoms with E-state index in [1.54, 1.807) is 18.3 Å². The molecule has 0 spiro atoms. The van der Waals surface area contributed by atoms with E-state index in [9.17, 15) is 8.42 Å². The van der Waals surface area contributed by atoms with Crippen LogP contribution >= 0.6 is 12.2 Å². The van der Waals surface area contributed by atoms with Crippen LogP contribution in [0, 0.1) is 0 Å². The Morgan fingerprint density at radius 2 is 1.90 bits per heavy atom. The number of ether oxygens (including phenoxy) is 1. The zero-order valence-corrected chi connectivity index (χ0v) is 24.5. The molecule has 39 heavy (non-hydrogen) atoms. The number of anilines is 3. The lowest BCUT2D eigenvalue weighted by molar-refractivity contribution is 0.417. The predicted molar refractivity (Wildman–Crippen MR) is 162 cm³/mol. The molecule has 0 aliphatic carbocycles. The van der Waals surface area contributed by atoms with Gasteiger partial charge < -0.3 is 19.9 Å². The lowest BCUT2D eigenvalue weighted by atomic mass is 9.86. The molecule has 2 atom stereocenters. The minimum absolute atomic E-state index is 0.0935. The van der Waals surface area contributed by atoms with Gasteiger partial charge >= 0.3 is 0 Å². The quantitative estimate of drug-likeness (QED) is 0.393. The summed E-state index contributed by atoms with van der Waals surface area (Å²) in [6.07, 6.45) is 5.18. The number of aromatic nitrogens is 1. The van der Waals surface area contributed by atoms with Crippen molar-refractivity contribution >= 4 is 50.0 Å². The molecule has 3 heterocycles. The first-order valence-corrected chi connectivity index (χ1v) is 14.9. The molecule has 1 saturated heterocycles. The van der Waals surface area contributed by atoms with Gasteiger partial charge in [-0.1, -0.05) is 18.2 Å². The fourth-order valence-corrected chi connectivity index (χ4v) is 6.36. The third kappa shape index (κ3) is 5.06. The first-order chi connectivity index (χ1) is 18.4. The van der Waals surface area contributed by atoms with Gasteiger partial charge in [-0.25, -0.2) is 8.42 Å². The van der Waals surface area contributed by atoms with Gasteiger partial charge in [-0.2, -0.15) is 0 Å². The molecule has 8 nitrogen and oxygen atoms in total. The van der Waals surface area contributed by atoms with Gasteiger partial charge in [0.2, 0.25) is 10.0 Å². The van der Waals surface area contributed by atoms with Gasteiger partial charge in [0.15, 0.2) is 5.11 Å². The number of rotatable bonds is 6. The Morgan fingerprint density at radius 1 is 1.13 bits per heavy atom. The average molecular weight is 564 g/mol. The second kappa shape index (κ2) is 9.84. The van der Waals surface area contributed by atoms with E-state index in [4.69, 9.17) is 17.0 Å². The smallest absolute Gasteiger partial charge is 0.229 e. The SMILES string of the molecule is COc1ccc(N2C(=S)N[C@@H](c3ccccn3)[C@@H]2c2ccc3c(c2)C(C)=CC(C)(C)N3C)cc1NS(C)(=O)=O. The Morgan fingerprint density at radius 3 is 2.56 bits per heavy atom. The average Bonchev–Trinajstić information content (AvgIpc) is 3.23. The van der Waals surface area contributed by atoms with Crippen LogP contribution in [-0.4, -0.2) is 44.5 Å². The second-order valence-corrected chi connectivity index (χ2v) is 12.7. The summed E-state index contributed by atoms with van der Waals surface area (Å²) in [5.41, 5.74) is 6.45. The van der Waals surface area contributed by atoms with Gasteiger partial charge in [-0.15, -0.1) is 0 Å². The zero-order valence-electron chi connectivity index (χ0n) is 22.9. The van der Waals surface area contributed by atoms with Crippen molar-refractivity contribution in [1.82, 2.24) is 10.3 Å². The number of pyridine rings is 1. The molecule has 5 rings (SSSR count). The van der Waals surface area contributed by atoms with E-state index in [1.165, 1.54) is 23.9 Å². The maximum Gasteiger partial charge on any atom is 0.229 e. The highest BCUT2D eigenvalue weighted by Gasteiger charge is 2.41. The van der Waals surface area contributed by atoms with Crippen LogP contribution in [0.3, 0.4) is 0 Å². The number of fused-ring (bicyclic) bond motifs is 1. The number of likely N-dealkylation sites (N-methyl/N-ethyl adjacent to an activating group) is 1. The minimum atomic E-state index is -3.53. The summed E-state index contributed by atoms with van der Waals surface area (Å²) in [5.74, 6) is 0.417. The van der Waals surface area contributed by atoms with Crippen LogP contribution in [0.25, 0.3) is 5.57 Å². The van der Waals surface area contributed by atoms with E-state index in [1.807, 2.05) is 29.2 Å². The molecule has 1 fully saturated rings. The molecule has 2 aromatic carbocycles. The molecule has 2 N–H and O–H groups in total. The number of methoxy groups -OCH3 is 1. The van der Waals surface area contributed by atoms with E-state index in [0.29, 0.717) is 16.5 Å². The maximum atomic E-state index is 12.1. The molecule has 0 amide bonds. The fraction of sp³-hybridized carbons (Fsp3) is 0.310. The van der Waals surface area contributed by atoms with Crippen LogP contribution in [0.15, 0.2) is 66.9 Å². The Labute approximate surface area is 235 Å². The topological polar surface area (TPSA) is 86.8 Å². The van der Waals surface area contributed by atoms with Gasteiger partial charge in [0, 0.05) is 30.2 Å².